The molecule has 0 spiro atoms. The molecule has 0 fully saturated rings. The molecule has 3 rings (SSSR count). The highest BCUT2D eigenvalue weighted by molar-refractivity contribution is 9.09. The summed E-state index contributed by atoms with van der Waals surface area (Å²) in [5.41, 5.74) is 1.55. The molecule has 3 aromatic rings. The molecule has 0 bridgehead atoms. The third kappa shape index (κ3) is 3.93. The van der Waals surface area contributed by atoms with E-state index in [1.807, 2.05) is 0 Å². The molecule has 0 aliphatic heterocycles. The van der Waals surface area contributed by atoms with Crippen molar-refractivity contribution >= 4 is 26.9 Å². The number of benzene rings is 2. The second-order valence-corrected chi connectivity index (χ2v) is 6.59. The first-order chi connectivity index (χ1) is 12.1. The van der Waals surface area contributed by atoms with E-state index in [-0.39, 0.29) is 11.2 Å². The molecule has 0 amide bonds. The van der Waals surface area contributed by atoms with Gasteiger partial charge in [0.15, 0.2) is 5.43 Å². The molecule has 3 nitrogen and oxygen atoms in total. The number of fused-ring (bicyclic) bond motifs is 1. The van der Waals surface area contributed by atoms with Crippen molar-refractivity contribution in [1.82, 2.24) is 0 Å². The standard InChI is InChI=1S/C20H18BrFO3/c1-13-19(23)17-12-16(24-11-3-2-10-21)8-9-18(17)25-20(13)14-4-6-15(22)7-5-14/h4-9,12H,2-3,10-11H2,1H3. The van der Waals surface area contributed by atoms with Gasteiger partial charge < -0.3 is 9.15 Å². The van der Waals surface area contributed by atoms with Crippen molar-refractivity contribution in [3.8, 4) is 17.1 Å². The first-order valence-electron chi connectivity index (χ1n) is 8.12. The van der Waals surface area contributed by atoms with Gasteiger partial charge in [-0.3, -0.25) is 4.79 Å². The van der Waals surface area contributed by atoms with Gasteiger partial charge in [-0.15, -0.1) is 0 Å². The minimum absolute atomic E-state index is 0.105. The van der Waals surface area contributed by atoms with E-state index in [9.17, 15) is 9.18 Å². The third-order valence-corrected chi connectivity index (χ3v) is 4.55. The van der Waals surface area contributed by atoms with Crippen molar-refractivity contribution in [3.63, 3.8) is 0 Å². The van der Waals surface area contributed by atoms with Gasteiger partial charge in [0.2, 0.25) is 0 Å². The van der Waals surface area contributed by atoms with Gasteiger partial charge in [-0.2, -0.15) is 0 Å². The maximum atomic E-state index is 13.1. The summed E-state index contributed by atoms with van der Waals surface area (Å²) in [6.07, 6.45) is 1.98. The molecule has 130 valence electrons. The molecule has 0 saturated carbocycles. The van der Waals surface area contributed by atoms with Gasteiger partial charge in [-0.05, 0) is 62.2 Å². The summed E-state index contributed by atoms with van der Waals surface area (Å²) in [4.78, 5) is 12.7. The van der Waals surface area contributed by atoms with Crippen LogP contribution in [0.1, 0.15) is 18.4 Å². The van der Waals surface area contributed by atoms with E-state index in [1.165, 1.54) is 12.1 Å². The average molecular weight is 405 g/mol. The van der Waals surface area contributed by atoms with Gasteiger partial charge >= 0.3 is 0 Å². The highest BCUT2D eigenvalue weighted by Gasteiger charge is 2.13. The zero-order valence-electron chi connectivity index (χ0n) is 13.9. The molecule has 5 heteroatoms. The van der Waals surface area contributed by atoms with Crippen LogP contribution >= 0.6 is 15.9 Å². The molecule has 0 radical (unpaired) electrons. The fourth-order valence-corrected chi connectivity index (χ4v) is 3.02. The van der Waals surface area contributed by atoms with Crippen LogP contribution in [0.3, 0.4) is 0 Å². The van der Waals surface area contributed by atoms with E-state index in [0.29, 0.717) is 40.2 Å². The molecule has 0 aliphatic rings. The lowest BCUT2D eigenvalue weighted by Crippen LogP contribution is -2.08. The third-order valence-electron chi connectivity index (χ3n) is 3.99. The minimum Gasteiger partial charge on any atom is -0.494 e. The number of unbranched alkanes of at least 4 members (excludes halogenated alkanes) is 1. The quantitative estimate of drug-likeness (QED) is 0.404. The summed E-state index contributed by atoms with van der Waals surface area (Å²) in [5, 5.41) is 1.43. The van der Waals surface area contributed by atoms with E-state index in [4.69, 9.17) is 9.15 Å². The van der Waals surface area contributed by atoms with Crippen molar-refractivity contribution in [2.75, 3.05) is 11.9 Å². The average Bonchev–Trinajstić information content (AvgIpc) is 2.63. The summed E-state index contributed by atoms with van der Waals surface area (Å²) < 4.78 is 24.7. The smallest absolute Gasteiger partial charge is 0.196 e. The normalized spacial score (nSPS) is 11.0. The first kappa shape index (κ1) is 17.7. The lowest BCUT2D eigenvalue weighted by atomic mass is 10.1. The highest BCUT2D eigenvalue weighted by atomic mass is 79.9. The Hall–Kier alpha value is -2.14. The second-order valence-electron chi connectivity index (χ2n) is 5.79. The largest absolute Gasteiger partial charge is 0.494 e. The SMILES string of the molecule is Cc1c(-c2ccc(F)cc2)oc2ccc(OCCCCBr)cc2c1=O. The fraction of sp³-hybridized carbons (Fsp3) is 0.250. The van der Waals surface area contributed by atoms with Crippen molar-refractivity contribution in [2.24, 2.45) is 0 Å². The van der Waals surface area contributed by atoms with Crippen LogP contribution in [0.25, 0.3) is 22.3 Å². The zero-order chi connectivity index (χ0) is 17.8. The Bertz CT molecular complexity index is 932. The molecule has 1 heterocycles. The monoisotopic (exact) mass is 404 g/mol. The van der Waals surface area contributed by atoms with Gasteiger partial charge in [0, 0.05) is 16.5 Å². The van der Waals surface area contributed by atoms with Crippen molar-refractivity contribution in [1.29, 1.82) is 0 Å². The summed E-state index contributed by atoms with van der Waals surface area (Å²) in [6.45, 7) is 2.32. The Kier molecular flexibility index (Phi) is 5.53. The van der Waals surface area contributed by atoms with Crippen LogP contribution < -0.4 is 10.2 Å². The summed E-state index contributed by atoms with van der Waals surface area (Å²) in [5.74, 6) is 0.790. The highest BCUT2D eigenvalue weighted by Crippen LogP contribution is 2.27. The van der Waals surface area contributed by atoms with Crippen molar-refractivity contribution < 1.29 is 13.5 Å². The second kappa shape index (κ2) is 7.83. The topological polar surface area (TPSA) is 39.4 Å². The van der Waals surface area contributed by atoms with E-state index < -0.39 is 0 Å². The summed E-state index contributed by atoms with van der Waals surface area (Å²) >= 11 is 3.39. The van der Waals surface area contributed by atoms with Crippen molar-refractivity contribution in [2.45, 2.75) is 19.8 Å². The number of hydrogen-bond acceptors (Lipinski definition) is 3. The van der Waals surface area contributed by atoms with Crippen LogP contribution in [0.5, 0.6) is 5.75 Å². The number of ether oxygens (including phenoxy) is 1. The van der Waals surface area contributed by atoms with Crippen LogP contribution in [0.4, 0.5) is 4.39 Å². The number of halogens is 2. The minimum atomic E-state index is -0.328. The summed E-state index contributed by atoms with van der Waals surface area (Å²) in [6, 6.07) is 11.2. The maximum Gasteiger partial charge on any atom is 0.196 e. The molecule has 0 N–H and O–H groups in total. The number of hydrogen-bond donors (Lipinski definition) is 0. The molecule has 0 saturated heterocycles. The van der Waals surface area contributed by atoms with Crippen LogP contribution in [0, 0.1) is 12.7 Å². The zero-order valence-corrected chi connectivity index (χ0v) is 15.4. The van der Waals surface area contributed by atoms with E-state index in [0.717, 1.165) is 18.2 Å². The van der Waals surface area contributed by atoms with Crippen LogP contribution in [0.2, 0.25) is 0 Å². The molecule has 0 unspecified atom stereocenters. The molecular formula is C20H18BrFO3. The van der Waals surface area contributed by atoms with E-state index in [2.05, 4.69) is 15.9 Å². The van der Waals surface area contributed by atoms with Gasteiger partial charge in [0.25, 0.3) is 0 Å². The van der Waals surface area contributed by atoms with Crippen LogP contribution in [0.15, 0.2) is 51.7 Å². The lowest BCUT2D eigenvalue weighted by Gasteiger charge is -2.09. The maximum absolute atomic E-state index is 13.1. The Morgan fingerprint density at radius 1 is 1.12 bits per heavy atom. The Labute approximate surface area is 153 Å². The van der Waals surface area contributed by atoms with Gasteiger partial charge in [0.1, 0.15) is 22.9 Å². The fourth-order valence-electron chi connectivity index (χ4n) is 2.62. The Morgan fingerprint density at radius 3 is 2.60 bits per heavy atom. The molecule has 0 atom stereocenters. The lowest BCUT2D eigenvalue weighted by molar-refractivity contribution is 0.310. The summed E-state index contributed by atoms with van der Waals surface area (Å²) in [7, 11) is 0. The van der Waals surface area contributed by atoms with Gasteiger partial charge in [0.05, 0.1) is 12.0 Å². The van der Waals surface area contributed by atoms with Crippen LogP contribution in [-0.2, 0) is 0 Å². The predicted octanol–water partition coefficient (Wildman–Crippen LogP) is 5.46. The molecule has 2 aromatic carbocycles. The number of alkyl halides is 1. The van der Waals surface area contributed by atoms with Crippen LogP contribution in [-0.4, -0.2) is 11.9 Å². The van der Waals surface area contributed by atoms with E-state index in [1.54, 1.807) is 37.3 Å². The Balaban J connectivity index is 1.97. The molecular weight excluding hydrogens is 387 g/mol. The Morgan fingerprint density at radius 2 is 1.88 bits per heavy atom. The first-order valence-corrected chi connectivity index (χ1v) is 9.24. The molecule has 0 aliphatic carbocycles. The number of rotatable bonds is 6. The van der Waals surface area contributed by atoms with Crippen molar-refractivity contribution in [3.05, 3.63) is 64.1 Å². The predicted molar refractivity (Wildman–Crippen MR) is 101 cm³/mol. The molecule has 25 heavy (non-hydrogen) atoms. The van der Waals surface area contributed by atoms with E-state index >= 15 is 0 Å². The van der Waals surface area contributed by atoms with Gasteiger partial charge in [-0.1, -0.05) is 15.9 Å². The van der Waals surface area contributed by atoms with Gasteiger partial charge in [-0.25, -0.2) is 4.39 Å². The molecule has 1 aromatic heterocycles.